The topological polar surface area (TPSA) is 50.4 Å². The highest BCUT2D eigenvalue weighted by atomic mass is 19.1. The number of nitrogens with one attached hydrogen (secondary N) is 2. The molecule has 94 valence electrons. The zero-order valence-corrected chi connectivity index (χ0v) is 9.83. The van der Waals surface area contributed by atoms with Crippen molar-refractivity contribution in [3.05, 3.63) is 30.1 Å². The summed E-state index contributed by atoms with van der Waals surface area (Å²) in [4.78, 5) is 11.4. The van der Waals surface area contributed by atoms with Gasteiger partial charge in [-0.3, -0.25) is 4.79 Å². The summed E-state index contributed by atoms with van der Waals surface area (Å²) < 4.78 is 18.0. The number of ether oxygens (including phenoxy) is 1. The number of para-hydroxylation sites is 1. The van der Waals surface area contributed by atoms with Gasteiger partial charge in [0.15, 0.2) is 0 Å². The van der Waals surface area contributed by atoms with Crippen LogP contribution in [0.3, 0.4) is 0 Å². The van der Waals surface area contributed by atoms with E-state index < -0.39 is 5.82 Å². The summed E-state index contributed by atoms with van der Waals surface area (Å²) in [5.74, 6) is -0.631. The molecule has 0 heterocycles. The minimum atomic E-state index is -0.423. The molecule has 5 heteroatoms. The number of hydrogen-bond acceptors (Lipinski definition) is 3. The summed E-state index contributed by atoms with van der Waals surface area (Å²) in [5, 5.41) is 5.55. The summed E-state index contributed by atoms with van der Waals surface area (Å²) in [6, 6.07) is 6.10. The number of amides is 1. The fraction of sp³-hybridized carbons (Fsp3) is 0.417. The first-order valence-electron chi connectivity index (χ1n) is 5.48. The Morgan fingerprint density at radius 3 is 2.82 bits per heavy atom. The Kier molecular flexibility index (Phi) is 6.21. The van der Waals surface area contributed by atoms with Gasteiger partial charge in [0, 0.05) is 26.6 Å². The van der Waals surface area contributed by atoms with Crippen LogP contribution in [0.2, 0.25) is 0 Å². The van der Waals surface area contributed by atoms with Crippen molar-refractivity contribution < 1.29 is 13.9 Å². The predicted octanol–water partition coefficient (Wildman–Crippen LogP) is 1.39. The SMILES string of the molecule is COCCNCCC(=O)Nc1ccccc1F. The van der Waals surface area contributed by atoms with Crippen LogP contribution in [-0.2, 0) is 9.53 Å². The van der Waals surface area contributed by atoms with Crippen LogP contribution in [0.1, 0.15) is 6.42 Å². The zero-order valence-electron chi connectivity index (χ0n) is 9.83. The van der Waals surface area contributed by atoms with Crippen molar-refractivity contribution in [3.63, 3.8) is 0 Å². The second-order valence-electron chi connectivity index (χ2n) is 3.52. The Balaban J connectivity index is 2.23. The quantitative estimate of drug-likeness (QED) is 0.708. The molecule has 1 aromatic rings. The van der Waals surface area contributed by atoms with Crippen LogP contribution < -0.4 is 10.6 Å². The van der Waals surface area contributed by atoms with Gasteiger partial charge in [-0.25, -0.2) is 4.39 Å². The number of benzene rings is 1. The van der Waals surface area contributed by atoms with E-state index in [0.29, 0.717) is 26.1 Å². The van der Waals surface area contributed by atoms with Gasteiger partial charge in [0.05, 0.1) is 12.3 Å². The van der Waals surface area contributed by atoms with E-state index in [0.717, 1.165) is 0 Å². The minimum Gasteiger partial charge on any atom is -0.383 e. The van der Waals surface area contributed by atoms with E-state index in [1.54, 1.807) is 19.2 Å². The van der Waals surface area contributed by atoms with Gasteiger partial charge in [0.2, 0.25) is 5.91 Å². The van der Waals surface area contributed by atoms with E-state index in [-0.39, 0.29) is 11.6 Å². The molecule has 1 rings (SSSR count). The highest BCUT2D eigenvalue weighted by Gasteiger charge is 2.05. The molecule has 0 aliphatic heterocycles. The maximum absolute atomic E-state index is 13.2. The van der Waals surface area contributed by atoms with Gasteiger partial charge in [-0.15, -0.1) is 0 Å². The van der Waals surface area contributed by atoms with Gasteiger partial charge in [-0.05, 0) is 12.1 Å². The van der Waals surface area contributed by atoms with Crippen molar-refractivity contribution in [2.24, 2.45) is 0 Å². The van der Waals surface area contributed by atoms with Gasteiger partial charge >= 0.3 is 0 Å². The van der Waals surface area contributed by atoms with Crippen molar-refractivity contribution in [1.82, 2.24) is 5.32 Å². The first kappa shape index (κ1) is 13.6. The highest BCUT2D eigenvalue weighted by molar-refractivity contribution is 5.90. The fourth-order valence-corrected chi connectivity index (χ4v) is 1.28. The van der Waals surface area contributed by atoms with Crippen LogP contribution in [-0.4, -0.2) is 32.7 Å². The lowest BCUT2D eigenvalue weighted by molar-refractivity contribution is -0.116. The van der Waals surface area contributed by atoms with E-state index in [9.17, 15) is 9.18 Å². The molecule has 4 nitrogen and oxygen atoms in total. The summed E-state index contributed by atoms with van der Waals surface area (Å²) in [6.07, 6.45) is 0.304. The van der Waals surface area contributed by atoms with Crippen molar-refractivity contribution in [2.75, 3.05) is 32.1 Å². The lowest BCUT2D eigenvalue weighted by Gasteiger charge is -2.06. The lowest BCUT2D eigenvalue weighted by Crippen LogP contribution is -2.24. The largest absolute Gasteiger partial charge is 0.383 e. The first-order valence-corrected chi connectivity index (χ1v) is 5.48. The molecule has 17 heavy (non-hydrogen) atoms. The maximum atomic E-state index is 13.2. The van der Waals surface area contributed by atoms with Crippen molar-refractivity contribution in [1.29, 1.82) is 0 Å². The number of methoxy groups -OCH3 is 1. The van der Waals surface area contributed by atoms with Crippen molar-refractivity contribution in [2.45, 2.75) is 6.42 Å². The second kappa shape index (κ2) is 7.76. The molecule has 0 saturated carbocycles. The minimum absolute atomic E-state index is 0.208. The monoisotopic (exact) mass is 240 g/mol. The molecule has 0 saturated heterocycles. The Bertz CT molecular complexity index is 358. The third kappa shape index (κ3) is 5.42. The van der Waals surface area contributed by atoms with Crippen LogP contribution in [0.4, 0.5) is 10.1 Å². The molecule has 0 aliphatic rings. The fourth-order valence-electron chi connectivity index (χ4n) is 1.28. The number of halogens is 1. The Hall–Kier alpha value is -1.46. The Labute approximate surface area is 100 Å². The van der Waals surface area contributed by atoms with E-state index in [1.165, 1.54) is 12.1 Å². The highest BCUT2D eigenvalue weighted by Crippen LogP contribution is 2.12. The van der Waals surface area contributed by atoms with Crippen LogP contribution in [0.5, 0.6) is 0 Å². The van der Waals surface area contributed by atoms with Crippen LogP contribution in [0.25, 0.3) is 0 Å². The smallest absolute Gasteiger partial charge is 0.225 e. The predicted molar refractivity (Wildman–Crippen MR) is 64.4 cm³/mol. The zero-order chi connectivity index (χ0) is 12.5. The van der Waals surface area contributed by atoms with Gasteiger partial charge in [-0.2, -0.15) is 0 Å². The molecule has 0 radical (unpaired) electrons. The van der Waals surface area contributed by atoms with Crippen LogP contribution >= 0.6 is 0 Å². The van der Waals surface area contributed by atoms with Crippen LogP contribution in [0, 0.1) is 5.82 Å². The normalized spacial score (nSPS) is 10.2. The van der Waals surface area contributed by atoms with Crippen molar-refractivity contribution in [3.8, 4) is 0 Å². The third-order valence-corrected chi connectivity index (χ3v) is 2.16. The average Bonchev–Trinajstić information content (AvgIpc) is 2.32. The molecule has 0 fully saturated rings. The standard InChI is InChI=1S/C12H17FN2O2/c1-17-9-8-14-7-6-12(16)15-11-5-3-2-4-10(11)13/h2-5,14H,6-9H2,1H3,(H,15,16). The molecule has 0 unspecified atom stereocenters. The molecule has 1 amide bonds. The number of carbonyl (C=O) groups is 1. The molecule has 0 atom stereocenters. The molecule has 0 aromatic heterocycles. The number of hydrogen-bond donors (Lipinski definition) is 2. The van der Waals surface area contributed by atoms with Gasteiger partial charge in [-0.1, -0.05) is 12.1 Å². The van der Waals surface area contributed by atoms with Crippen LogP contribution in [0.15, 0.2) is 24.3 Å². The van der Waals surface area contributed by atoms with Gasteiger partial charge < -0.3 is 15.4 Å². The number of carbonyl (C=O) groups excluding carboxylic acids is 1. The molecule has 2 N–H and O–H groups in total. The summed E-state index contributed by atoms with van der Waals surface area (Å²) in [6.45, 7) is 1.85. The maximum Gasteiger partial charge on any atom is 0.225 e. The molecule has 0 aliphatic carbocycles. The Morgan fingerprint density at radius 2 is 2.12 bits per heavy atom. The van der Waals surface area contributed by atoms with Gasteiger partial charge in [0.25, 0.3) is 0 Å². The number of anilines is 1. The number of rotatable bonds is 7. The van der Waals surface area contributed by atoms with E-state index in [2.05, 4.69) is 10.6 Å². The van der Waals surface area contributed by atoms with Crippen molar-refractivity contribution >= 4 is 11.6 Å². The third-order valence-electron chi connectivity index (χ3n) is 2.16. The average molecular weight is 240 g/mol. The van der Waals surface area contributed by atoms with E-state index in [1.807, 2.05) is 0 Å². The van der Waals surface area contributed by atoms with E-state index >= 15 is 0 Å². The molecule has 1 aromatic carbocycles. The van der Waals surface area contributed by atoms with Gasteiger partial charge in [0.1, 0.15) is 5.82 Å². The summed E-state index contributed by atoms with van der Waals surface area (Å²) >= 11 is 0. The second-order valence-corrected chi connectivity index (χ2v) is 3.52. The first-order chi connectivity index (χ1) is 8.24. The summed E-state index contributed by atoms with van der Waals surface area (Å²) in [7, 11) is 1.62. The molecule has 0 spiro atoms. The molecule has 0 bridgehead atoms. The summed E-state index contributed by atoms with van der Waals surface area (Å²) in [5.41, 5.74) is 0.217. The molecular formula is C12H17FN2O2. The lowest BCUT2D eigenvalue weighted by atomic mass is 10.3. The molecular weight excluding hydrogens is 223 g/mol. The Morgan fingerprint density at radius 1 is 1.35 bits per heavy atom. The van der Waals surface area contributed by atoms with E-state index in [4.69, 9.17) is 4.74 Å².